The zero-order valence-corrected chi connectivity index (χ0v) is 15.3. The Morgan fingerprint density at radius 2 is 1.75 bits per heavy atom. The maximum Gasteiger partial charge on any atom is 0.191 e. The van der Waals surface area contributed by atoms with Gasteiger partial charge in [-0.15, -0.1) is 11.8 Å². The Hall–Kier alpha value is -2.14. The van der Waals surface area contributed by atoms with Crippen LogP contribution in [0.4, 0.5) is 0 Å². The summed E-state index contributed by atoms with van der Waals surface area (Å²) in [4.78, 5) is 5.55. The summed E-state index contributed by atoms with van der Waals surface area (Å²) in [6, 6.07) is 16.6. The highest BCUT2D eigenvalue weighted by Crippen LogP contribution is 2.17. The lowest BCUT2D eigenvalue weighted by molar-refractivity contribution is 0.336. The van der Waals surface area contributed by atoms with Crippen molar-refractivity contribution in [1.29, 1.82) is 0 Å². The predicted octanol–water partition coefficient (Wildman–Crippen LogP) is 3.67. The van der Waals surface area contributed by atoms with Gasteiger partial charge in [-0.2, -0.15) is 0 Å². The van der Waals surface area contributed by atoms with Crippen LogP contribution in [-0.2, 0) is 13.1 Å². The Bertz CT molecular complexity index is 656. The van der Waals surface area contributed by atoms with Crippen LogP contribution in [0.3, 0.4) is 0 Å². The molecule has 2 aromatic rings. The molecule has 0 spiro atoms. The Labute approximate surface area is 148 Å². The zero-order chi connectivity index (χ0) is 17.2. The molecule has 0 saturated carbocycles. The molecule has 4 nitrogen and oxygen atoms in total. The standard InChI is InChI=1S/C19H25N3OS/c1-4-23-18-8-6-5-7-16(18)14-22-19(20-2)21-13-15-9-11-17(24-3)12-10-15/h5-12H,4,13-14H2,1-3H3,(H2,20,21,22). The van der Waals surface area contributed by atoms with Crippen molar-refractivity contribution >= 4 is 17.7 Å². The van der Waals surface area contributed by atoms with Crippen molar-refractivity contribution in [2.24, 2.45) is 4.99 Å². The maximum absolute atomic E-state index is 5.65. The summed E-state index contributed by atoms with van der Waals surface area (Å²) in [7, 11) is 1.78. The van der Waals surface area contributed by atoms with Gasteiger partial charge in [0.1, 0.15) is 5.75 Å². The highest BCUT2D eigenvalue weighted by atomic mass is 32.2. The molecule has 0 aromatic heterocycles. The maximum atomic E-state index is 5.65. The molecule has 128 valence electrons. The largest absolute Gasteiger partial charge is 0.494 e. The molecule has 5 heteroatoms. The number of aliphatic imine (C=N–C) groups is 1. The molecule has 0 atom stereocenters. The molecular formula is C19H25N3OS. The third-order valence-electron chi connectivity index (χ3n) is 3.56. The SMILES string of the molecule is CCOc1ccccc1CNC(=NC)NCc1ccc(SC)cc1. The van der Waals surface area contributed by atoms with Gasteiger partial charge in [-0.1, -0.05) is 30.3 Å². The Morgan fingerprint density at radius 1 is 1.04 bits per heavy atom. The molecule has 2 N–H and O–H groups in total. The van der Waals surface area contributed by atoms with Crippen molar-refractivity contribution in [3.05, 3.63) is 59.7 Å². The van der Waals surface area contributed by atoms with Crippen molar-refractivity contribution in [1.82, 2.24) is 10.6 Å². The molecule has 0 bridgehead atoms. The van der Waals surface area contributed by atoms with E-state index >= 15 is 0 Å². The van der Waals surface area contributed by atoms with E-state index in [9.17, 15) is 0 Å². The van der Waals surface area contributed by atoms with Gasteiger partial charge >= 0.3 is 0 Å². The number of hydrogen-bond acceptors (Lipinski definition) is 3. The lowest BCUT2D eigenvalue weighted by atomic mass is 10.2. The molecule has 2 rings (SSSR count). The van der Waals surface area contributed by atoms with Gasteiger partial charge in [0.25, 0.3) is 0 Å². The lowest BCUT2D eigenvalue weighted by Crippen LogP contribution is -2.36. The summed E-state index contributed by atoms with van der Waals surface area (Å²) < 4.78 is 5.65. The van der Waals surface area contributed by atoms with E-state index < -0.39 is 0 Å². The molecule has 0 aliphatic heterocycles. The summed E-state index contributed by atoms with van der Waals surface area (Å²) in [6.07, 6.45) is 2.08. The van der Waals surface area contributed by atoms with Gasteiger partial charge in [0, 0.05) is 30.6 Å². The van der Waals surface area contributed by atoms with E-state index in [-0.39, 0.29) is 0 Å². The van der Waals surface area contributed by atoms with E-state index in [1.807, 2.05) is 25.1 Å². The van der Waals surface area contributed by atoms with Crippen LogP contribution in [0.1, 0.15) is 18.1 Å². The minimum Gasteiger partial charge on any atom is -0.494 e. The molecule has 0 heterocycles. The second-order valence-electron chi connectivity index (χ2n) is 5.17. The first-order chi connectivity index (χ1) is 11.8. The molecule has 0 saturated heterocycles. The van der Waals surface area contributed by atoms with Crippen LogP contribution in [0, 0.1) is 0 Å². The molecule has 2 aromatic carbocycles. The molecular weight excluding hydrogens is 318 g/mol. The highest BCUT2D eigenvalue weighted by Gasteiger charge is 2.04. The average Bonchev–Trinajstić information content (AvgIpc) is 2.64. The molecule has 0 aliphatic rings. The third kappa shape index (κ3) is 5.49. The summed E-state index contributed by atoms with van der Waals surface area (Å²) in [6.45, 7) is 4.06. The van der Waals surface area contributed by atoms with E-state index in [1.165, 1.54) is 10.5 Å². The van der Waals surface area contributed by atoms with E-state index in [0.717, 1.165) is 23.8 Å². The first kappa shape index (κ1) is 18.2. The number of nitrogens with zero attached hydrogens (tertiary/aromatic N) is 1. The number of guanidine groups is 1. The first-order valence-corrected chi connectivity index (χ1v) is 9.27. The number of hydrogen-bond donors (Lipinski definition) is 2. The molecule has 0 aliphatic carbocycles. The highest BCUT2D eigenvalue weighted by molar-refractivity contribution is 7.98. The Balaban J connectivity index is 1.88. The summed E-state index contributed by atoms with van der Waals surface area (Å²) >= 11 is 1.75. The van der Waals surface area contributed by atoms with E-state index in [0.29, 0.717) is 13.2 Å². The zero-order valence-electron chi connectivity index (χ0n) is 14.5. The van der Waals surface area contributed by atoms with Crippen molar-refractivity contribution < 1.29 is 4.74 Å². The number of benzene rings is 2. The van der Waals surface area contributed by atoms with Gasteiger partial charge in [-0.25, -0.2) is 0 Å². The smallest absolute Gasteiger partial charge is 0.191 e. The van der Waals surface area contributed by atoms with E-state index in [4.69, 9.17) is 4.74 Å². The van der Waals surface area contributed by atoms with Crippen molar-refractivity contribution in [3.63, 3.8) is 0 Å². The second-order valence-corrected chi connectivity index (χ2v) is 6.05. The van der Waals surface area contributed by atoms with Crippen molar-refractivity contribution in [2.45, 2.75) is 24.9 Å². The topological polar surface area (TPSA) is 45.6 Å². The quantitative estimate of drug-likeness (QED) is 0.457. The molecule has 24 heavy (non-hydrogen) atoms. The van der Waals surface area contributed by atoms with Gasteiger partial charge in [-0.3, -0.25) is 4.99 Å². The molecule has 0 amide bonds. The van der Waals surface area contributed by atoms with E-state index in [2.05, 4.69) is 52.2 Å². The number of nitrogens with one attached hydrogen (secondary N) is 2. The molecule has 0 fully saturated rings. The number of para-hydroxylation sites is 1. The Kier molecular flexibility index (Phi) is 7.49. The van der Waals surface area contributed by atoms with Crippen LogP contribution in [0.15, 0.2) is 58.4 Å². The predicted molar refractivity (Wildman–Crippen MR) is 103 cm³/mol. The summed E-state index contributed by atoms with van der Waals surface area (Å²) in [5.41, 5.74) is 2.34. The van der Waals surface area contributed by atoms with E-state index in [1.54, 1.807) is 18.8 Å². The van der Waals surface area contributed by atoms with Gasteiger partial charge in [-0.05, 0) is 36.9 Å². The van der Waals surface area contributed by atoms with Crippen LogP contribution in [0.25, 0.3) is 0 Å². The molecule has 0 unspecified atom stereocenters. The minimum atomic E-state index is 0.663. The van der Waals surface area contributed by atoms with Gasteiger partial charge in [0.2, 0.25) is 0 Å². The normalized spacial score (nSPS) is 11.2. The minimum absolute atomic E-state index is 0.663. The number of thioether (sulfide) groups is 1. The average molecular weight is 343 g/mol. The fourth-order valence-electron chi connectivity index (χ4n) is 2.27. The van der Waals surface area contributed by atoms with Crippen LogP contribution >= 0.6 is 11.8 Å². The monoisotopic (exact) mass is 343 g/mol. The van der Waals surface area contributed by atoms with Crippen LogP contribution < -0.4 is 15.4 Å². The summed E-state index contributed by atoms with van der Waals surface area (Å²) in [5, 5.41) is 6.67. The first-order valence-electron chi connectivity index (χ1n) is 8.05. The number of rotatable bonds is 7. The van der Waals surface area contributed by atoms with Crippen LogP contribution in [0.2, 0.25) is 0 Å². The fourth-order valence-corrected chi connectivity index (χ4v) is 2.68. The summed E-state index contributed by atoms with van der Waals surface area (Å²) in [5.74, 6) is 1.69. The van der Waals surface area contributed by atoms with Gasteiger partial charge in [0.05, 0.1) is 6.61 Å². The van der Waals surface area contributed by atoms with Gasteiger partial charge in [0.15, 0.2) is 5.96 Å². The Morgan fingerprint density at radius 3 is 2.42 bits per heavy atom. The van der Waals surface area contributed by atoms with Gasteiger partial charge < -0.3 is 15.4 Å². The fraction of sp³-hybridized carbons (Fsp3) is 0.316. The van der Waals surface area contributed by atoms with Crippen LogP contribution in [-0.4, -0.2) is 25.9 Å². The van der Waals surface area contributed by atoms with Crippen LogP contribution in [0.5, 0.6) is 5.75 Å². The third-order valence-corrected chi connectivity index (χ3v) is 4.30. The molecule has 0 radical (unpaired) electrons. The lowest BCUT2D eigenvalue weighted by Gasteiger charge is -2.14. The second kappa shape index (κ2) is 9.88. The van der Waals surface area contributed by atoms with Crippen molar-refractivity contribution in [3.8, 4) is 5.75 Å². The number of ether oxygens (including phenoxy) is 1. The van der Waals surface area contributed by atoms with Crippen molar-refractivity contribution in [2.75, 3.05) is 19.9 Å².